The lowest BCUT2D eigenvalue weighted by Gasteiger charge is -2.19. The lowest BCUT2D eigenvalue weighted by Crippen LogP contribution is -2.42. The van der Waals surface area contributed by atoms with Gasteiger partial charge >= 0.3 is 6.03 Å². The topological polar surface area (TPSA) is 58.6 Å². The molecule has 1 N–H and O–H groups in total. The third-order valence-electron chi connectivity index (χ3n) is 2.67. The summed E-state index contributed by atoms with van der Waals surface area (Å²) in [6, 6.07) is 4.32. The normalized spacial score (nSPS) is 16.2. The van der Waals surface area contributed by atoms with Gasteiger partial charge in [0, 0.05) is 18.1 Å². The van der Waals surface area contributed by atoms with Gasteiger partial charge in [0.2, 0.25) is 0 Å². The SMILES string of the molecule is C[C@@H](Oc1ccc(Cl)cc1Cl)C(=O)N1CCNC1=O. The van der Waals surface area contributed by atoms with Crippen LogP contribution in [0.1, 0.15) is 6.92 Å². The maximum atomic E-state index is 12.0. The van der Waals surface area contributed by atoms with Crippen molar-refractivity contribution in [1.82, 2.24) is 10.2 Å². The standard InChI is InChI=1S/C12H12Cl2N2O3/c1-7(11(17)16-5-4-15-12(16)18)19-10-3-2-8(13)6-9(10)14/h2-3,6-7H,4-5H2,1H3,(H,15,18)/t7-/m1/s1. The van der Waals surface area contributed by atoms with Crippen LogP contribution in [0.15, 0.2) is 18.2 Å². The summed E-state index contributed by atoms with van der Waals surface area (Å²) in [4.78, 5) is 24.5. The summed E-state index contributed by atoms with van der Waals surface area (Å²) in [5.74, 6) is -0.0486. The van der Waals surface area contributed by atoms with Crippen LogP contribution in [0, 0.1) is 0 Å². The lowest BCUT2D eigenvalue weighted by atomic mass is 10.3. The van der Waals surface area contributed by atoms with Gasteiger partial charge in [0.05, 0.1) is 5.02 Å². The van der Waals surface area contributed by atoms with Gasteiger partial charge in [0.25, 0.3) is 5.91 Å². The highest BCUT2D eigenvalue weighted by molar-refractivity contribution is 6.35. The van der Waals surface area contributed by atoms with Gasteiger partial charge < -0.3 is 10.1 Å². The van der Waals surface area contributed by atoms with Crippen LogP contribution in [0.5, 0.6) is 5.75 Å². The van der Waals surface area contributed by atoms with Crippen molar-refractivity contribution in [2.24, 2.45) is 0 Å². The Morgan fingerprint density at radius 2 is 2.21 bits per heavy atom. The Bertz CT molecular complexity index is 522. The molecule has 0 unspecified atom stereocenters. The fraction of sp³-hybridized carbons (Fsp3) is 0.333. The molecule has 0 radical (unpaired) electrons. The van der Waals surface area contributed by atoms with E-state index in [-0.39, 0.29) is 0 Å². The van der Waals surface area contributed by atoms with Gasteiger partial charge in [0.15, 0.2) is 6.10 Å². The summed E-state index contributed by atoms with van der Waals surface area (Å²) in [5.41, 5.74) is 0. The number of rotatable bonds is 3. The third-order valence-corrected chi connectivity index (χ3v) is 3.20. The summed E-state index contributed by atoms with van der Waals surface area (Å²) < 4.78 is 5.46. The maximum Gasteiger partial charge on any atom is 0.324 e. The molecule has 0 spiro atoms. The first-order valence-corrected chi connectivity index (χ1v) is 6.45. The van der Waals surface area contributed by atoms with Crippen LogP contribution in [-0.2, 0) is 4.79 Å². The highest BCUT2D eigenvalue weighted by Gasteiger charge is 2.30. The third kappa shape index (κ3) is 3.11. The van der Waals surface area contributed by atoms with Crippen molar-refractivity contribution >= 4 is 35.1 Å². The van der Waals surface area contributed by atoms with Gasteiger partial charge in [-0.2, -0.15) is 0 Å². The Hall–Kier alpha value is -1.46. The minimum Gasteiger partial charge on any atom is -0.479 e. The van der Waals surface area contributed by atoms with Crippen molar-refractivity contribution in [1.29, 1.82) is 0 Å². The van der Waals surface area contributed by atoms with E-state index in [1.54, 1.807) is 19.1 Å². The van der Waals surface area contributed by atoms with Gasteiger partial charge in [-0.1, -0.05) is 23.2 Å². The first-order chi connectivity index (χ1) is 8.99. The Labute approximate surface area is 120 Å². The predicted molar refractivity (Wildman–Crippen MR) is 71.7 cm³/mol. The molecule has 102 valence electrons. The minimum atomic E-state index is -0.803. The van der Waals surface area contributed by atoms with Gasteiger partial charge in [-0.25, -0.2) is 4.79 Å². The summed E-state index contributed by atoms with van der Waals surface area (Å²) >= 11 is 11.7. The van der Waals surface area contributed by atoms with E-state index in [0.717, 1.165) is 4.90 Å². The average Bonchev–Trinajstić information content (AvgIpc) is 2.78. The highest BCUT2D eigenvalue weighted by Crippen LogP contribution is 2.28. The number of ether oxygens (including phenoxy) is 1. The molecule has 5 nitrogen and oxygen atoms in total. The molecule has 1 aliphatic rings. The second-order valence-corrected chi connectivity index (χ2v) is 4.90. The van der Waals surface area contributed by atoms with Crippen LogP contribution in [0.25, 0.3) is 0 Å². The van der Waals surface area contributed by atoms with Crippen LogP contribution in [-0.4, -0.2) is 36.0 Å². The second kappa shape index (κ2) is 5.67. The number of benzene rings is 1. The molecular weight excluding hydrogens is 291 g/mol. The Morgan fingerprint density at radius 1 is 1.47 bits per heavy atom. The average molecular weight is 303 g/mol. The molecule has 1 fully saturated rings. The van der Waals surface area contributed by atoms with E-state index in [4.69, 9.17) is 27.9 Å². The van der Waals surface area contributed by atoms with Crippen LogP contribution >= 0.6 is 23.2 Å². The van der Waals surface area contributed by atoms with Crippen LogP contribution in [0.3, 0.4) is 0 Å². The lowest BCUT2D eigenvalue weighted by molar-refractivity contribution is -0.134. The molecule has 1 heterocycles. The number of carbonyl (C=O) groups is 2. The first kappa shape index (κ1) is 14.0. The van der Waals surface area contributed by atoms with E-state index in [2.05, 4.69) is 5.32 Å². The van der Waals surface area contributed by atoms with E-state index in [9.17, 15) is 9.59 Å². The van der Waals surface area contributed by atoms with E-state index >= 15 is 0 Å². The fourth-order valence-electron chi connectivity index (χ4n) is 1.71. The van der Waals surface area contributed by atoms with Gasteiger partial charge in [-0.05, 0) is 25.1 Å². The Balaban J connectivity index is 2.06. The first-order valence-electron chi connectivity index (χ1n) is 5.70. The molecule has 1 atom stereocenters. The van der Waals surface area contributed by atoms with Crippen molar-refractivity contribution in [3.05, 3.63) is 28.2 Å². The second-order valence-electron chi connectivity index (χ2n) is 4.06. The van der Waals surface area contributed by atoms with Gasteiger partial charge in [0.1, 0.15) is 5.75 Å². The predicted octanol–water partition coefficient (Wildman–Crippen LogP) is 2.31. The molecule has 0 aromatic heterocycles. The number of urea groups is 1. The quantitative estimate of drug-likeness (QED) is 0.932. The number of nitrogens with zero attached hydrogens (tertiary/aromatic N) is 1. The summed E-state index contributed by atoms with van der Waals surface area (Å²) in [7, 11) is 0. The zero-order valence-electron chi connectivity index (χ0n) is 10.2. The molecule has 19 heavy (non-hydrogen) atoms. The molecule has 1 aliphatic heterocycles. The molecule has 1 aromatic carbocycles. The Morgan fingerprint density at radius 3 is 2.79 bits per heavy atom. The molecule has 3 amide bonds. The molecule has 0 saturated carbocycles. The number of imide groups is 1. The zero-order valence-corrected chi connectivity index (χ0v) is 11.7. The van der Waals surface area contributed by atoms with Crippen molar-refractivity contribution < 1.29 is 14.3 Å². The minimum absolute atomic E-state index is 0.318. The maximum absolute atomic E-state index is 12.0. The van der Waals surface area contributed by atoms with E-state index < -0.39 is 18.0 Å². The number of carbonyl (C=O) groups excluding carboxylic acids is 2. The molecular formula is C12H12Cl2N2O3. The molecule has 0 aliphatic carbocycles. The van der Waals surface area contributed by atoms with E-state index in [0.29, 0.717) is 28.9 Å². The number of hydrogen-bond donors (Lipinski definition) is 1. The summed E-state index contributed by atoms with van der Waals surface area (Å²) in [6.07, 6.45) is -0.803. The Kier molecular flexibility index (Phi) is 4.17. The highest BCUT2D eigenvalue weighted by atomic mass is 35.5. The molecule has 1 saturated heterocycles. The molecule has 1 aromatic rings. The molecule has 0 bridgehead atoms. The van der Waals surface area contributed by atoms with Crippen LogP contribution in [0.2, 0.25) is 10.0 Å². The van der Waals surface area contributed by atoms with Crippen molar-refractivity contribution in [2.75, 3.05) is 13.1 Å². The number of amides is 3. The number of hydrogen-bond acceptors (Lipinski definition) is 3. The van der Waals surface area contributed by atoms with Crippen LogP contribution < -0.4 is 10.1 Å². The largest absolute Gasteiger partial charge is 0.479 e. The van der Waals surface area contributed by atoms with Crippen molar-refractivity contribution in [3.8, 4) is 5.75 Å². The molecule has 2 rings (SSSR count). The number of halogens is 2. The van der Waals surface area contributed by atoms with Gasteiger partial charge in [-0.15, -0.1) is 0 Å². The zero-order chi connectivity index (χ0) is 14.0. The van der Waals surface area contributed by atoms with E-state index in [1.165, 1.54) is 6.07 Å². The monoisotopic (exact) mass is 302 g/mol. The van der Waals surface area contributed by atoms with Crippen molar-refractivity contribution in [2.45, 2.75) is 13.0 Å². The van der Waals surface area contributed by atoms with Crippen molar-refractivity contribution in [3.63, 3.8) is 0 Å². The summed E-state index contributed by atoms with van der Waals surface area (Å²) in [6.45, 7) is 2.37. The van der Waals surface area contributed by atoms with E-state index in [1.807, 2.05) is 0 Å². The smallest absolute Gasteiger partial charge is 0.324 e. The summed E-state index contributed by atoms with van der Waals surface area (Å²) in [5, 5.41) is 3.35. The van der Waals surface area contributed by atoms with Crippen LogP contribution in [0.4, 0.5) is 4.79 Å². The van der Waals surface area contributed by atoms with Gasteiger partial charge in [-0.3, -0.25) is 9.69 Å². The number of nitrogens with one attached hydrogen (secondary N) is 1. The molecule has 7 heteroatoms. The fourth-order valence-corrected chi connectivity index (χ4v) is 2.17.